The van der Waals surface area contributed by atoms with Crippen molar-refractivity contribution in [2.75, 3.05) is 13.1 Å². The number of nitrogens with zero attached hydrogens (tertiary/aromatic N) is 2. The van der Waals surface area contributed by atoms with Crippen LogP contribution < -0.4 is 10.1 Å². The number of alkyl halides is 3. The van der Waals surface area contributed by atoms with E-state index in [0.717, 1.165) is 17.7 Å². The van der Waals surface area contributed by atoms with Crippen molar-refractivity contribution >= 4 is 17.7 Å². The van der Waals surface area contributed by atoms with Crippen LogP contribution in [0.15, 0.2) is 60.7 Å². The van der Waals surface area contributed by atoms with Crippen LogP contribution in [0.3, 0.4) is 0 Å². The Bertz CT molecular complexity index is 1600. The number of carbonyl (C=O) groups is 3. The molecule has 44 heavy (non-hydrogen) atoms. The second-order valence-corrected chi connectivity index (χ2v) is 11.4. The molecule has 0 saturated carbocycles. The number of carbonyl (C=O) groups excluding carboxylic acids is 3. The van der Waals surface area contributed by atoms with Gasteiger partial charge in [-0.25, -0.2) is 4.39 Å². The number of hydrogen-bond donors (Lipinski definition) is 2. The predicted octanol–water partition coefficient (Wildman–Crippen LogP) is 4.88. The summed E-state index contributed by atoms with van der Waals surface area (Å²) in [5.41, 5.74) is -0.793. The van der Waals surface area contributed by atoms with Gasteiger partial charge in [-0.2, -0.15) is 13.2 Å². The zero-order valence-electron chi connectivity index (χ0n) is 23.5. The summed E-state index contributed by atoms with van der Waals surface area (Å²) in [4.78, 5) is 40.2. The predicted molar refractivity (Wildman–Crippen MR) is 149 cm³/mol. The molecule has 6 rings (SSSR count). The van der Waals surface area contributed by atoms with Crippen molar-refractivity contribution in [3.05, 3.63) is 94.3 Å². The van der Waals surface area contributed by atoms with Gasteiger partial charge in [0.05, 0.1) is 17.7 Å². The average Bonchev–Trinajstić information content (AvgIpc) is 3.32. The third-order valence-electron chi connectivity index (χ3n) is 8.58. The van der Waals surface area contributed by atoms with Crippen molar-refractivity contribution in [1.82, 2.24) is 15.1 Å². The van der Waals surface area contributed by atoms with Crippen LogP contribution in [0, 0.1) is 5.82 Å². The van der Waals surface area contributed by atoms with Gasteiger partial charge in [0.2, 0.25) is 11.8 Å². The maximum atomic E-state index is 15.8. The summed E-state index contributed by atoms with van der Waals surface area (Å²) in [6, 6.07) is 13.7. The van der Waals surface area contributed by atoms with E-state index in [9.17, 15) is 32.7 Å². The Kier molecular flexibility index (Phi) is 7.66. The highest BCUT2D eigenvalue weighted by Crippen LogP contribution is 2.39. The second kappa shape index (κ2) is 11.3. The lowest BCUT2D eigenvalue weighted by atomic mass is 9.82. The van der Waals surface area contributed by atoms with Gasteiger partial charge in [0, 0.05) is 42.7 Å². The third kappa shape index (κ3) is 5.79. The monoisotopic (exact) mass is 611 g/mol. The number of fused-ring (bicyclic) bond motifs is 1. The third-order valence-corrected chi connectivity index (χ3v) is 8.58. The second-order valence-electron chi connectivity index (χ2n) is 11.4. The Labute approximate surface area is 250 Å². The van der Waals surface area contributed by atoms with Gasteiger partial charge >= 0.3 is 6.18 Å². The number of benzene rings is 3. The Balaban J connectivity index is 1.06. The van der Waals surface area contributed by atoms with E-state index >= 15 is 4.39 Å². The van der Waals surface area contributed by atoms with E-state index in [-0.39, 0.29) is 54.7 Å². The molecular formula is C32H29F4N3O5. The van der Waals surface area contributed by atoms with Gasteiger partial charge in [-0.15, -0.1) is 0 Å². The van der Waals surface area contributed by atoms with E-state index in [0.29, 0.717) is 25.4 Å². The summed E-state index contributed by atoms with van der Waals surface area (Å²) in [7, 11) is 0. The van der Waals surface area contributed by atoms with Crippen LogP contribution in [-0.2, 0) is 34.5 Å². The molecule has 230 valence electrons. The van der Waals surface area contributed by atoms with E-state index in [2.05, 4.69) is 10.2 Å². The SMILES string of the molecule is O=C1CCC(N2Cc3c(ccc(C4(O)CCN(Cc5ccc(Oc6ccc(C(F)(F)F)cc6)cc5)CC4)c3F)C2=O)C(=O)N1. The molecule has 2 saturated heterocycles. The van der Waals surface area contributed by atoms with Crippen LogP contribution in [0.4, 0.5) is 17.6 Å². The van der Waals surface area contributed by atoms with Crippen LogP contribution >= 0.6 is 0 Å². The number of imide groups is 1. The number of nitrogens with one attached hydrogen (secondary N) is 1. The molecule has 0 radical (unpaired) electrons. The molecule has 2 fully saturated rings. The molecule has 3 aromatic carbocycles. The standard InChI is InChI=1S/C32H29F4N3O5/c33-28-24-18-39(26-11-12-27(40)37-29(26)41)30(42)23(24)9-10-25(28)31(43)13-15-38(16-14-31)17-19-1-5-21(6-2-19)44-22-7-3-20(4-8-22)32(34,35)36/h1-10,26,43H,11-18H2,(H,37,40,41). The Morgan fingerprint density at radius 3 is 2.18 bits per heavy atom. The maximum absolute atomic E-state index is 15.8. The molecule has 2 N–H and O–H groups in total. The first-order chi connectivity index (χ1) is 20.9. The molecule has 3 aliphatic heterocycles. The van der Waals surface area contributed by atoms with Gasteiger partial charge in [0.15, 0.2) is 0 Å². The lowest BCUT2D eigenvalue weighted by molar-refractivity contribution is -0.138. The van der Waals surface area contributed by atoms with Gasteiger partial charge in [-0.1, -0.05) is 18.2 Å². The van der Waals surface area contributed by atoms with Crippen LogP contribution in [0.2, 0.25) is 0 Å². The molecule has 12 heteroatoms. The number of piperidine rings is 2. The summed E-state index contributed by atoms with van der Waals surface area (Å²) in [6.07, 6.45) is -3.61. The quantitative estimate of drug-likeness (QED) is 0.305. The molecule has 3 aromatic rings. The van der Waals surface area contributed by atoms with Crippen molar-refractivity contribution in [2.45, 2.75) is 56.6 Å². The first-order valence-corrected chi connectivity index (χ1v) is 14.3. The van der Waals surface area contributed by atoms with Crippen LogP contribution in [0.1, 0.15) is 58.3 Å². The minimum absolute atomic E-state index is 0.0984. The smallest absolute Gasteiger partial charge is 0.416 e. The highest BCUT2D eigenvalue weighted by Gasteiger charge is 2.43. The lowest BCUT2D eigenvalue weighted by Crippen LogP contribution is -2.52. The number of hydrogen-bond acceptors (Lipinski definition) is 6. The highest BCUT2D eigenvalue weighted by atomic mass is 19.4. The molecule has 0 spiro atoms. The highest BCUT2D eigenvalue weighted by molar-refractivity contribution is 6.05. The normalized spacial score (nSPS) is 20.4. The number of likely N-dealkylation sites (tertiary alicyclic amines) is 1. The van der Waals surface area contributed by atoms with E-state index in [1.807, 2.05) is 12.1 Å². The van der Waals surface area contributed by atoms with E-state index in [1.54, 1.807) is 12.1 Å². The van der Waals surface area contributed by atoms with Gasteiger partial charge in [0.1, 0.15) is 23.4 Å². The van der Waals surface area contributed by atoms with Gasteiger partial charge in [-0.3, -0.25) is 24.6 Å². The van der Waals surface area contributed by atoms with Crippen LogP contribution in [-0.4, -0.2) is 51.8 Å². The van der Waals surface area contributed by atoms with E-state index in [1.165, 1.54) is 29.2 Å². The fourth-order valence-electron chi connectivity index (χ4n) is 6.08. The summed E-state index contributed by atoms with van der Waals surface area (Å²) < 4.78 is 59.8. The number of aliphatic hydroxyl groups is 1. The number of amides is 3. The lowest BCUT2D eigenvalue weighted by Gasteiger charge is -2.39. The molecule has 1 atom stereocenters. The fourth-order valence-corrected chi connectivity index (χ4v) is 6.08. The summed E-state index contributed by atoms with van der Waals surface area (Å²) in [5, 5.41) is 13.7. The molecule has 3 amide bonds. The van der Waals surface area contributed by atoms with Crippen molar-refractivity contribution in [3.63, 3.8) is 0 Å². The molecule has 0 aromatic heterocycles. The van der Waals surface area contributed by atoms with Crippen molar-refractivity contribution < 1.29 is 41.8 Å². The van der Waals surface area contributed by atoms with Gasteiger partial charge < -0.3 is 14.7 Å². The number of rotatable bonds is 6. The molecule has 0 bridgehead atoms. The largest absolute Gasteiger partial charge is 0.457 e. The average molecular weight is 612 g/mol. The summed E-state index contributed by atoms with van der Waals surface area (Å²) in [5.74, 6) is -1.34. The van der Waals surface area contributed by atoms with Crippen LogP contribution in [0.25, 0.3) is 0 Å². The molecular weight excluding hydrogens is 582 g/mol. The van der Waals surface area contributed by atoms with Crippen molar-refractivity contribution in [2.24, 2.45) is 0 Å². The van der Waals surface area contributed by atoms with Crippen molar-refractivity contribution in [1.29, 1.82) is 0 Å². The Morgan fingerprint density at radius 1 is 0.932 bits per heavy atom. The topological polar surface area (TPSA) is 99.2 Å². The van der Waals surface area contributed by atoms with Gasteiger partial charge in [0.25, 0.3) is 5.91 Å². The molecule has 3 aliphatic rings. The first kappa shape index (κ1) is 29.8. The number of ether oxygens (including phenoxy) is 1. The molecule has 1 unspecified atom stereocenters. The fraction of sp³-hybridized carbons (Fsp3) is 0.344. The van der Waals surface area contributed by atoms with E-state index in [4.69, 9.17) is 4.74 Å². The van der Waals surface area contributed by atoms with Gasteiger partial charge in [-0.05, 0) is 67.3 Å². The number of halogens is 4. The Hall–Kier alpha value is -4.29. The van der Waals surface area contributed by atoms with Crippen molar-refractivity contribution in [3.8, 4) is 11.5 Å². The van der Waals surface area contributed by atoms with Crippen LogP contribution in [0.5, 0.6) is 11.5 Å². The molecule has 8 nitrogen and oxygen atoms in total. The zero-order valence-corrected chi connectivity index (χ0v) is 23.5. The molecule has 0 aliphatic carbocycles. The minimum Gasteiger partial charge on any atom is -0.457 e. The first-order valence-electron chi connectivity index (χ1n) is 14.3. The molecule has 3 heterocycles. The zero-order chi connectivity index (χ0) is 31.2. The van der Waals surface area contributed by atoms with E-state index < -0.39 is 46.9 Å². The minimum atomic E-state index is -4.42. The summed E-state index contributed by atoms with van der Waals surface area (Å²) in [6.45, 7) is 1.43. The Morgan fingerprint density at radius 2 is 1.57 bits per heavy atom. The maximum Gasteiger partial charge on any atom is 0.416 e. The summed E-state index contributed by atoms with van der Waals surface area (Å²) >= 11 is 0.